The van der Waals surface area contributed by atoms with E-state index in [9.17, 15) is 24.2 Å². The van der Waals surface area contributed by atoms with Gasteiger partial charge in [-0.1, -0.05) is 164 Å². The lowest BCUT2D eigenvalue weighted by Gasteiger charge is -2.19. The highest BCUT2D eigenvalue weighted by atomic mass is 31.2. The predicted octanol–water partition coefficient (Wildman–Crippen LogP) is 10.5. The molecule has 310 valence electrons. The van der Waals surface area contributed by atoms with E-state index in [2.05, 4.69) is 32.1 Å². The first-order valence-corrected chi connectivity index (χ1v) is 22.0. The Balaban J connectivity index is 4.37. The van der Waals surface area contributed by atoms with Crippen LogP contribution < -0.4 is 5.73 Å². The summed E-state index contributed by atoms with van der Waals surface area (Å²) in [6, 6.07) is 0. The molecule has 0 aromatic rings. The third-order valence-corrected chi connectivity index (χ3v) is 9.18. The van der Waals surface area contributed by atoms with Crippen molar-refractivity contribution in [1.29, 1.82) is 0 Å². The topological polar surface area (TPSA) is 155 Å². The molecular formula is C43H74NO9P. The van der Waals surface area contributed by atoms with Crippen LogP contribution in [0.4, 0.5) is 0 Å². The molecule has 0 aromatic carbocycles. The number of unbranched alkanes of at least 4 members (excludes halogenated alkanes) is 12. The Labute approximate surface area is 327 Å². The van der Waals surface area contributed by atoms with E-state index in [0.717, 1.165) is 44.9 Å². The van der Waals surface area contributed by atoms with E-state index in [1.165, 1.54) is 64.2 Å². The molecule has 54 heavy (non-hydrogen) atoms. The fraction of sp³-hybridized carbons (Fsp3) is 0.674. The SMILES string of the molecule is CCC=CCC(O)C=CC=CCC=CCC=CCC=CCCC(=O)OC(COC(=O)CCCCCCCCCCCCCCC)COP(=O)(O)OCCN. The summed E-state index contributed by atoms with van der Waals surface area (Å²) in [5.74, 6) is -0.952. The van der Waals surface area contributed by atoms with E-state index in [0.29, 0.717) is 12.8 Å². The summed E-state index contributed by atoms with van der Waals surface area (Å²) in [5, 5.41) is 9.83. The molecule has 0 fully saturated rings. The van der Waals surface area contributed by atoms with Gasteiger partial charge in [0.25, 0.3) is 0 Å². The maximum absolute atomic E-state index is 12.5. The molecule has 11 heteroatoms. The van der Waals surface area contributed by atoms with Gasteiger partial charge in [-0.25, -0.2) is 4.57 Å². The van der Waals surface area contributed by atoms with Crippen molar-refractivity contribution in [2.24, 2.45) is 5.73 Å². The van der Waals surface area contributed by atoms with Crippen molar-refractivity contribution in [3.63, 3.8) is 0 Å². The number of allylic oxidation sites excluding steroid dienone is 10. The second kappa shape index (κ2) is 38.7. The Kier molecular flexibility index (Phi) is 36.8. The monoisotopic (exact) mass is 780 g/mol. The molecule has 0 saturated heterocycles. The van der Waals surface area contributed by atoms with Crippen LogP contribution in [0.3, 0.4) is 0 Å². The zero-order valence-corrected chi connectivity index (χ0v) is 34.4. The van der Waals surface area contributed by atoms with Gasteiger partial charge in [0.05, 0.1) is 19.3 Å². The Morgan fingerprint density at radius 3 is 1.83 bits per heavy atom. The molecule has 10 nitrogen and oxygen atoms in total. The predicted molar refractivity (Wildman–Crippen MR) is 221 cm³/mol. The Morgan fingerprint density at radius 1 is 0.667 bits per heavy atom. The van der Waals surface area contributed by atoms with Crippen LogP contribution in [-0.4, -0.2) is 60.5 Å². The summed E-state index contributed by atoms with van der Waals surface area (Å²) >= 11 is 0. The van der Waals surface area contributed by atoms with Gasteiger partial charge in [-0.05, 0) is 44.9 Å². The van der Waals surface area contributed by atoms with E-state index >= 15 is 0 Å². The van der Waals surface area contributed by atoms with E-state index in [1.54, 1.807) is 6.08 Å². The maximum Gasteiger partial charge on any atom is 0.472 e. The minimum absolute atomic E-state index is 0.0329. The van der Waals surface area contributed by atoms with E-state index in [4.69, 9.17) is 24.3 Å². The number of rotatable bonds is 37. The lowest BCUT2D eigenvalue weighted by molar-refractivity contribution is -0.161. The summed E-state index contributed by atoms with van der Waals surface area (Å²) < 4.78 is 32.6. The molecule has 0 amide bonds. The first-order chi connectivity index (χ1) is 26.2. The quantitative estimate of drug-likeness (QED) is 0.0182. The zero-order valence-electron chi connectivity index (χ0n) is 33.5. The van der Waals surface area contributed by atoms with Gasteiger partial charge in [-0.2, -0.15) is 0 Å². The van der Waals surface area contributed by atoms with E-state index in [1.807, 2.05) is 48.6 Å². The van der Waals surface area contributed by atoms with Crippen molar-refractivity contribution in [2.75, 3.05) is 26.4 Å². The molecule has 0 rings (SSSR count). The summed E-state index contributed by atoms with van der Waals surface area (Å²) in [6.07, 6.45) is 42.8. The van der Waals surface area contributed by atoms with Crippen LogP contribution in [0.2, 0.25) is 0 Å². The summed E-state index contributed by atoms with van der Waals surface area (Å²) in [4.78, 5) is 34.7. The van der Waals surface area contributed by atoms with Crippen LogP contribution in [0.15, 0.2) is 72.9 Å². The number of esters is 2. The molecule has 3 atom stereocenters. The number of nitrogens with two attached hydrogens (primary N) is 1. The van der Waals surface area contributed by atoms with Gasteiger partial charge in [0.15, 0.2) is 6.10 Å². The van der Waals surface area contributed by atoms with E-state index in [-0.39, 0.29) is 32.6 Å². The first kappa shape index (κ1) is 51.4. The molecule has 0 aromatic heterocycles. The zero-order chi connectivity index (χ0) is 39.8. The average molecular weight is 780 g/mol. The summed E-state index contributed by atoms with van der Waals surface area (Å²) in [6.45, 7) is 3.40. The molecule has 0 aliphatic rings. The number of aliphatic hydroxyl groups is 1. The van der Waals surface area contributed by atoms with Gasteiger partial charge in [0.1, 0.15) is 6.61 Å². The van der Waals surface area contributed by atoms with Crippen molar-refractivity contribution in [1.82, 2.24) is 0 Å². The minimum Gasteiger partial charge on any atom is -0.462 e. The van der Waals surface area contributed by atoms with Crippen LogP contribution in [-0.2, 0) is 32.7 Å². The second-order valence-electron chi connectivity index (χ2n) is 13.3. The molecule has 0 spiro atoms. The van der Waals surface area contributed by atoms with Crippen molar-refractivity contribution in [2.45, 2.75) is 161 Å². The number of carbonyl (C=O) groups excluding carboxylic acids is 2. The van der Waals surface area contributed by atoms with Gasteiger partial charge in [-0.15, -0.1) is 0 Å². The number of hydrogen-bond acceptors (Lipinski definition) is 9. The standard InChI is InChI=1S/C43H74NO9P/c1-3-5-7-8-9-10-11-13-17-20-23-26-30-34-42(46)50-38-41(39-52-54(48,49)51-37-36-44)53-43(47)35-31-27-24-21-18-15-12-14-16-19-22-25-29-33-40(45)32-28-6-4-2/h6,14-16,18,22,24-25,27-29,33,40-41,45H,3-5,7-13,17,19-21,23,26,30-32,34-39,44H2,1-2H3,(H,48,49). The lowest BCUT2D eigenvalue weighted by Crippen LogP contribution is -2.29. The van der Waals surface area contributed by atoms with Crippen LogP contribution in [0.1, 0.15) is 149 Å². The number of phosphoric ester groups is 1. The molecule has 4 N–H and O–H groups in total. The highest BCUT2D eigenvalue weighted by molar-refractivity contribution is 7.47. The fourth-order valence-electron chi connectivity index (χ4n) is 5.16. The van der Waals surface area contributed by atoms with Crippen LogP contribution in [0.25, 0.3) is 0 Å². The van der Waals surface area contributed by atoms with Crippen LogP contribution in [0, 0.1) is 0 Å². The van der Waals surface area contributed by atoms with Gasteiger partial charge in [-0.3, -0.25) is 18.6 Å². The van der Waals surface area contributed by atoms with Gasteiger partial charge in [0.2, 0.25) is 0 Å². The summed E-state index contributed by atoms with van der Waals surface area (Å²) in [7, 11) is -4.41. The lowest BCUT2D eigenvalue weighted by atomic mass is 10.0. The van der Waals surface area contributed by atoms with Crippen molar-refractivity contribution >= 4 is 19.8 Å². The Bertz CT molecular complexity index is 1130. The van der Waals surface area contributed by atoms with E-state index < -0.39 is 38.6 Å². The molecule has 0 heterocycles. The van der Waals surface area contributed by atoms with Crippen molar-refractivity contribution in [3.05, 3.63) is 72.9 Å². The Hall–Kier alpha value is -2.59. The number of hydrogen-bond donors (Lipinski definition) is 3. The van der Waals surface area contributed by atoms with Gasteiger partial charge >= 0.3 is 19.8 Å². The summed E-state index contributed by atoms with van der Waals surface area (Å²) in [5.41, 5.74) is 5.33. The van der Waals surface area contributed by atoms with Crippen molar-refractivity contribution in [3.8, 4) is 0 Å². The third kappa shape index (κ3) is 37.7. The number of ether oxygens (including phenoxy) is 2. The second-order valence-corrected chi connectivity index (χ2v) is 14.8. The third-order valence-electron chi connectivity index (χ3n) is 8.20. The number of carbonyl (C=O) groups is 2. The smallest absolute Gasteiger partial charge is 0.462 e. The van der Waals surface area contributed by atoms with Crippen LogP contribution >= 0.6 is 7.82 Å². The van der Waals surface area contributed by atoms with Crippen molar-refractivity contribution < 1.29 is 42.7 Å². The normalized spacial score (nSPS) is 14.7. The minimum atomic E-state index is -4.41. The fourth-order valence-corrected chi connectivity index (χ4v) is 5.92. The number of aliphatic hydroxyl groups excluding tert-OH is 1. The largest absolute Gasteiger partial charge is 0.472 e. The highest BCUT2D eigenvalue weighted by Gasteiger charge is 2.25. The molecular weight excluding hydrogens is 705 g/mol. The van der Waals surface area contributed by atoms with Gasteiger partial charge < -0.3 is 25.2 Å². The number of phosphoric acid groups is 1. The molecule has 3 unspecified atom stereocenters. The average Bonchev–Trinajstić information content (AvgIpc) is 3.15. The molecule has 0 aliphatic heterocycles. The van der Waals surface area contributed by atoms with Crippen LogP contribution in [0.5, 0.6) is 0 Å². The maximum atomic E-state index is 12.5. The first-order valence-electron chi connectivity index (χ1n) is 20.5. The molecule has 0 radical (unpaired) electrons. The highest BCUT2D eigenvalue weighted by Crippen LogP contribution is 2.43. The molecule has 0 saturated carbocycles. The molecule has 0 aliphatic carbocycles. The Morgan fingerprint density at radius 2 is 1.24 bits per heavy atom. The van der Waals surface area contributed by atoms with Gasteiger partial charge in [0, 0.05) is 19.4 Å². The molecule has 0 bridgehead atoms.